The molecule has 0 N–H and O–H groups in total. The molecule has 3 nitrogen and oxygen atoms in total. The second-order valence-corrected chi connectivity index (χ2v) is 7.96. The summed E-state index contributed by atoms with van der Waals surface area (Å²) in [7, 11) is 3.34. The number of carbonyl (C=O) groups excluding carboxylic acids is 1. The van der Waals surface area contributed by atoms with Crippen molar-refractivity contribution in [1.82, 2.24) is 0 Å². The Morgan fingerprint density at radius 3 is 1.81 bits per heavy atom. The first-order chi connectivity index (χ1) is 15.6. The summed E-state index contributed by atoms with van der Waals surface area (Å²) in [6.45, 7) is 4.40. The van der Waals surface area contributed by atoms with Crippen molar-refractivity contribution in [2.24, 2.45) is 0 Å². The average molecular weight is 429 g/mol. The summed E-state index contributed by atoms with van der Waals surface area (Å²) in [5, 5.41) is 4.76. The van der Waals surface area contributed by atoms with E-state index in [1.54, 1.807) is 14.2 Å². The van der Waals surface area contributed by atoms with Gasteiger partial charge in [-0.1, -0.05) is 86.6 Å². The first-order valence-electron chi connectivity index (χ1n) is 11.1. The van der Waals surface area contributed by atoms with Gasteiger partial charge in [-0.05, 0) is 51.1 Å². The molecule has 0 bridgehead atoms. The van der Waals surface area contributed by atoms with Gasteiger partial charge in [-0.15, -0.1) is 0 Å². The van der Waals surface area contributed by atoms with Gasteiger partial charge in [-0.3, -0.25) is 0 Å². The number of benzene rings is 4. The molecule has 0 heterocycles. The second kappa shape index (κ2) is 11.6. The third kappa shape index (κ3) is 5.42. The molecule has 0 aliphatic heterocycles. The van der Waals surface area contributed by atoms with Crippen molar-refractivity contribution in [2.45, 2.75) is 38.9 Å². The maximum atomic E-state index is 10.2. The molecule has 0 aliphatic rings. The number of aldehydes is 1. The highest BCUT2D eigenvalue weighted by Crippen LogP contribution is 2.34. The van der Waals surface area contributed by atoms with Crippen LogP contribution < -0.4 is 0 Å². The first kappa shape index (κ1) is 23.6. The predicted molar refractivity (Wildman–Crippen MR) is 133 cm³/mol. The van der Waals surface area contributed by atoms with Crippen LogP contribution in [-0.2, 0) is 20.7 Å². The van der Waals surface area contributed by atoms with Crippen LogP contribution in [0.5, 0.6) is 0 Å². The number of rotatable bonds is 7. The van der Waals surface area contributed by atoms with Crippen LogP contribution in [0.25, 0.3) is 21.5 Å². The largest absolute Gasteiger partial charge is 0.352 e. The Morgan fingerprint density at radius 1 is 0.812 bits per heavy atom. The highest BCUT2D eigenvalue weighted by Gasteiger charge is 2.16. The van der Waals surface area contributed by atoms with E-state index in [4.69, 9.17) is 9.47 Å². The van der Waals surface area contributed by atoms with E-state index in [2.05, 4.69) is 68.4 Å². The Bertz CT molecular complexity index is 1090. The van der Waals surface area contributed by atoms with Gasteiger partial charge in [0.05, 0.1) is 0 Å². The number of ether oxygens (including phenoxy) is 2. The molecule has 0 spiro atoms. The van der Waals surface area contributed by atoms with E-state index in [1.165, 1.54) is 27.1 Å². The fourth-order valence-corrected chi connectivity index (χ4v) is 3.95. The van der Waals surface area contributed by atoms with Gasteiger partial charge in [0.1, 0.15) is 6.29 Å². The second-order valence-electron chi connectivity index (χ2n) is 7.96. The lowest BCUT2D eigenvalue weighted by Gasteiger charge is -2.18. The Morgan fingerprint density at radius 2 is 1.34 bits per heavy atom. The van der Waals surface area contributed by atoms with E-state index in [0.29, 0.717) is 12.3 Å². The highest BCUT2D eigenvalue weighted by atomic mass is 16.7. The maximum Gasteiger partial charge on any atom is 0.184 e. The number of methoxy groups -OCH3 is 2. The van der Waals surface area contributed by atoms with E-state index in [9.17, 15) is 4.79 Å². The molecular formula is C29H32O3. The standard InChI is InChI=1S/C17H16O2.C12H16O/c1-18-17(19-2)16-14-9-5-3-7-12(14)11-13-8-4-6-10-15(13)16;1-3-10(2)12-6-4-11(5-7-12)8-9-13/h3-11,17H,1-2H3;4-7,9-10H,3,8H2,1-2H3. The van der Waals surface area contributed by atoms with E-state index in [-0.39, 0.29) is 6.29 Å². The minimum atomic E-state index is -0.351. The molecule has 0 aromatic heterocycles. The molecule has 32 heavy (non-hydrogen) atoms. The van der Waals surface area contributed by atoms with E-state index in [1.807, 2.05) is 24.3 Å². The SMILES string of the molecule is CCC(C)c1ccc(CC=O)cc1.COC(OC)c1c2ccccc2cc2ccccc12. The Labute approximate surface area is 191 Å². The van der Waals surface area contributed by atoms with Gasteiger partial charge in [0.2, 0.25) is 0 Å². The molecule has 4 aromatic rings. The molecule has 3 heteroatoms. The van der Waals surface area contributed by atoms with Crippen molar-refractivity contribution in [3.63, 3.8) is 0 Å². The molecule has 0 amide bonds. The van der Waals surface area contributed by atoms with Crippen LogP contribution in [-0.4, -0.2) is 20.5 Å². The molecule has 1 unspecified atom stereocenters. The highest BCUT2D eigenvalue weighted by molar-refractivity contribution is 6.02. The number of carbonyl (C=O) groups is 1. The molecule has 4 aromatic carbocycles. The van der Waals surface area contributed by atoms with E-state index >= 15 is 0 Å². The summed E-state index contributed by atoms with van der Waals surface area (Å²) in [6.07, 6.45) is 2.28. The van der Waals surface area contributed by atoms with Crippen LogP contribution in [0.3, 0.4) is 0 Å². The van der Waals surface area contributed by atoms with Crippen LogP contribution in [0.4, 0.5) is 0 Å². The minimum absolute atomic E-state index is 0.351. The van der Waals surface area contributed by atoms with Gasteiger partial charge in [0.15, 0.2) is 6.29 Å². The zero-order chi connectivity index (χ0) is 22.9. The molecule has 166 valence electrons. The smallest absolute Gasteiger partial charge is 0.184 e. The van der Waals surface area contributed by atoms with Crippen molar-refractivity contribution >= 4 is 27.8 Å². The van der Waals surface area contributed by atoms with Gasteiger partial charge in [-0.25, -0.2) is 0 Å². The van der Waals surface area contributed by atoms with Crippen molar-refractivity contribution in [3.8, 4) is 0 Å². The summed E-state index contributed by atoms with van der Waals surface area (Å²) < 4.78 is 11.0. The zero-order valence-corrected chi connectivity index (χ0v) is 19.4. The van der Waals surface area contributed by atoms with Crippen molar-refractivity contribution in [2.75, 3.05) is 14.2 Å². The lowest BCUT2D eigenvalue weighted by atomic mass is 9.96. The molecule has 0 fully saturated rings. The lowest BCUT2D eigenvalue weighted by Crippen LogP contribution is -2.05. The molecular weight excluding hydrogens is 396 g/mol. The summed E-state index contributed by atoms with van der Waals surface area (Å²) in [4.78, 5) is 10.2. The fraction of sp³-hybridized carbons (Fsp3) is 0.276. The quantitative estimate of drug-likeness (QED) is 0.177. The molecule has 4 rings (SSSR count). The third-order valence-electron chi connectivity index (χ3n) is 5.96. The molecule has 0 saturated heterocycles. The monoisotopic (exact) mass is 428 g/mol. The van der Waals surface area contributed by atoms with E-state index < -0.39 is 0 Å². The summed E-state index contributed by atoms with van der Waals surface area (Å²) in [5.41, 5.74) is 3.55. The third-order valence-corrected chi connectivity index (χ3v) is 5.96. The van der Waals surface area contributed by atoms with Crippen LogP contribution in [0.15, 0.2) is 78.9 Å². The number of hydrogen-bond acceptors (Lipinski definition) is 3. The van der Waals surface area contributed by atoms with Gasteiger partial charge in [-0.2, -0.15) is 0 Å². The first-order valence-corrected chi connectivity index (χ1v) is 11.1. The van der Waals surface area contributed by atoms with Crippen LogP contribution >= 0.6 is 0 Å². The summed E-state index contributed by atoms with van der Waals surface area (Å²) in [5.74, 6) is 0.616. The Balaban J connectivity index is 0.000000195. The molecule has 0 aliphatic carbocycles. The molecule has 0 saturated carbocycles. The summed E-state index contributed by atoms with van der Waals surface area (Å²) >= 11 is 0. The topological polar surface area (TPSA) is 35.5 Å². The zero-order valence-electron chi connectivity index (χ0n) is 19.4. The Hall–Kier alpha value is -3.01. The predicted octanol–water partition coefficient (Wildman–Crippen LogP) is 7.23. The lowest BCUT2D eigenvalue weighted by molar-refractivity contribution is -0.107. The van der Waals surface area contributed by atoms with Crippen molar-refractivity contribution in [1.29, 1.82) is 0 Å². The Kier molecular flexibility index (Phi) is 8.55. The summed E-state index contributed by atoms with van der Waals surface area (Å²) in [6, 6.07) is 27.2. The molecule has 0 radical (unpaired) electrons. The minimum Gasteiger partial charge on any atom is -0.352 e. The fourth-order valence-electron chi connectivity index (χ4n) is 3.95. The number of hydrogen-bond donors (Lipinski definition) is 0. The van der Waals surface area contributed by atoms with Gasteiger partial charge < -0.3 is 14.3 Å². The van der Waals surface area contributed by atoms with Crippen LogP contribution in [0.2, 0.25) is 0 Å². The van der Waals surface area contributed by atoms with Crippen molar-refractivity contribution in [3.05, 3.63) is 95.6 Å². The van der Waals surface area contributed by atoms with Crippen molar-refractivity contribution < 1.29 is 14.3 Å². The van der Waals surface area contributed by atoms with Gasteiger partial charge in [0, 0.05) is 26.2 Å². The normalized spacial score (nSPS) is 11.9. The average Bonchev–Trinajstić information content (AvgIpc) is 2.85. The molecule has 1 atom stereocenters. The number of fused-ring (bicyclic) bond motifs is 2. The van der Waals surface area contributed by atoms with Crippen LogP contribution in [0, 0.1) is 0 Å². The van der Waals surface area contributed by atoms with E-state index in [0.717, 1.165) is 23.8 Å². The maximum absolute atomic E-state index is 10.2. The van der Waals surface area contributed by atoms with Crippen LogP contribution in [0.1, 0.15) is 49.2 Å². The van der Waals surface area contributed by atoms with Gasteiger partial charge in [0.25, 0.3) is 0 Å². The van der Waals surface area contributed by atoms with Gasteiger partial charge >= 0.3 is 0 Å².